The molecule has 2 aromatic rings. The summed E-state index contributed by atoms with van der Waals surface area (Å²) in [6, 6.07) is 10.6. The number of likely N-dealkylation sites (tertiary alicyclic amines) is 1. The Bertz CT molecular complexity index is 722. The molecule has 2 aliphatic heterocycles. The molecule has 2 aliphatic rings. The van der Waals surface area contributed by atoms with Crippen molar-refractivity contribution in [1.82, 2.24) is 4.90 Å². The van der Waals surface area contributed by atoms with Gasteiger partial charge in [-0.1, -0.05) is 24.3 Å². The minimum absolute atomic E-state index is 0.0765. The van der Waals surface area contributed by atoms with Crippen molar-refractivity contribution in [3.05, 3.63) is 41.5 Å². The molecule has 1 amide bonds. The summed E-state index contributed by atoms with van der Waals surface area (Å²) in [6.45, 7) is 2.94. The van der Waals surface area contributed by atoms with Crippen LogP contribution < -0.4 is 4.74 Å². The Morgan fingerprint density at radius 1 is 1.24 bits per heavy atom. The zero-order valence-corrected chi connectivity index (χ0v) is 12.3. The molecule has 0 aromatic heterocycles. The molecule has 0 N–H and O–H groups in total. The number of carbonyl (C=O) groups excluding carboxylic acids is 1. The smallest absolute Gasteiger partial charge is 0.225 e. The zero-order valence-electron chi connectivity index (χ0n) is 12.3. The third-order valence-electron chi connectivity index (χ3n) is 4.64. The molecular formula is C18H19NO2. The molecule has 0 aliphatic carbocycles. The third kappa shape index (κ3) is 1.99. The molecule has 3 heteroatoms. The molecule has 1 unspecified atom stereocenters. The fraction of sp³-hybridized carbons (Fsp3) is 0.389. The van der Waals surface area contributed by atoms with Crippen LogP contribution in [0.4, 0.5) is 0 Å². The Balaban J connectivity index is 1.75. The molecule has 21 heavy (non-hydrogen) atoms. The average Bonchev–Trinajstić information content (AvgIpc) is 2.93. The summed E-state index contributed by atoms with van der Waals surface area (Å²) in [4.78, 5) is 13.8. The summed E-state index contributed by atoms with van der Waals surface area (Å²) in [7, 11) is 0. The highest BCUT2D eigenvalue weighted by Gasteiger charge is 2.33. The van der Waals surface area contributed by atoms with E-state index >= 15 is 0 Å². The molecule has 2 aromatic carbocycles. The van der Waals surface area contributed by atoms with Crippen LogP contribution in [0.5, 0.6) is 5.75 Å². The Morgan fingerprint density at radius 3 is 2.90 bits per heavy atom. The minimum atomic E-state index is -0.0765. The first-order chi connectivity index (χ1) is 10.2. The molecule has 1 atom stereocenters. The number of ether oxygens (including phenoxy) is 1. The fourth-order valence-corrected chi connectivity index (χ4v) is 3.62. The van der Waals surface area contributed by atoms with Crippen molar-refractivity contribution in [3.8, 4) is 5.75 Å². The topological polar surface area (TPSA) is 29.5 Å². The van der Waals surface area contributed by atoms with E-state index in [1.165, 1.54) is 21.9 Å². The van der Waals surface area contributed by atoms with Gasteiger partial charge in [0.1, 0.15) is 5.75 Å². The second-order valence-electron chi connectivity index (χ2n) is 6.02. The highest BCUT2D eigenvalue weighted by Crippen LogP contribution is 2.38. The first-order valence-corrected chi connectivity index (χ1v) is 7.71. The van der Waals surface area contributed by atoms with Crippen molar-refractivity contribution in [3.63, 3.8) is 0 Å². The number of nitrogens with zero attached hydrogens (tertiary/aromatic N) is 1. The highest BCUT2D eigenvalue weighted by molar-refractivity contribution is 5.89. The second kappa shape index (κ2) is 4.76. The van der Waals surface area contributed by atoms with E-state index < -0.39 is 0 Å². The van der Waals surface area contributed by atoms with Gasteiger partial charge in [0.15, 0.2) is 6.23 Å². The van der Waals surface area contributed by atoms with Gasteiger partial charge in [-0.3, -0.25) is 4.79 Å². The maximum Gasteiger partial charge on any atom is 0.225 e. The fourth-order valence-electron chi connectivity index (χ4n) is 3.62. The van der Waals surface area contributed by atoms with Crippen molar-refractivity contribution in [2.45, 2.75) is 38.8 Å². The summed E-state index contributed by atoms with van der Waals surface area (Å²) in [6.07, 6.45) is 3.43. The van der Waals surface area contributed by atoms with Crippen molar-refractivity contribution in [2.75, 3.05) is 6.54 Å². The van der Waals surface area contributed by atoms with Gasteiger partial charge in [-0.05, 0) is 42.2 Å². The molecular weight excluding hydrogens is 262 g/mol. The number of rotatable bonds is 1. The van der Waals surface area contributed by atoms with Crippen LogP contribution in [0.1, 0.15) is 30.4 Å². The van der Waals surface area contributed by atoms with Gasteiger partial charge in [-0.15, -0.1) is 0 Å². The minimum Gasteiger partial charge on any atom is -0.470 e. The van der Waals surface area contributed by atoms with Gasteiger partial charge in [-0.2, -0.15) is 0 Å². The lowest BCUT2D eigenvalue weighted by Gasteiger charge is -2.34. The SMILES string of the molecule is Cc1cc2ccccc2c2c1OC(N1CCCC1=O)CC2. The largest absolute Gasteiger partial charge is 0.470 e. The first-order valence-electron chi connectivity index (χ1n) is 7.71. The average molecular weight is 281 g/mol. The van der Waals surface area contributed by atoms with Crippen LogP contribution in [0.15, 0.2) is 30.3 Å². The Kier molecular flexibility index (Phi) is 2.88. The maximum atomic E-state index is 11.9. The molecule has 1 saturated heterocycles. The van der Waals surface area contributed by atoms with Crippen molar-refractivity contribution in [2.24, 2.45) is 0 Å². The number of carbonyl (C=O) groups is 1. The van der Waals surface area contributed by atoms with Crippen LogP contribution in [0.2, 0.25) is 0 Å². The molecule has 0 radical (unpaired) electrons. The summed E-state index contributed by atoms with van der Waals surface area (Å²) in [5, 5.41) is 2.55. The van der Waals surface area contributed by atoms with Gasteiger partial charge in [-0.25, -0.2) is 0 Å². The quantitative estimate of drug-likeness (QED) is 0.801. The molecule has 2 heterocycles. The van der Waals surface area contributed by atoms with Crippen LogP contribution in [-0.2, 0) is 11.2 Å². The molecule has 0 bridgehead atoms. The number of hydrogen-bond donors (Lipinski definition) is 0. The molecule has 0 saturated carbocycles. The van der Waals surface area contributed by atoms with Gasteiger partial charge in [0.25, 0.3) is 0 Å². The summed E-state index contributed by atoms with van der Waals surface area (Å²) < 4.78 is 6.23. The number of aryl methyl sites for hydroxylation is 2. The van der Waals surface area contributed by atoms with Crippen molar-refractivity contribution >= 4 is 16.7 Å². The van der Waals surface area contributed by atoms with Gasteiger partial charge >= 0.3 is 0 Å². The van der Waals surface area contributed by atoms with Gasteiger partial charge in [0, 0.05) is 24.9 Å². The van der Waals surface area contributed by atoms with Gasteiger partial charge in [0.2, 0.25) is 5.91 Å². The Labute approximate surface area is 124 Å². The van der Waals surface area contributed by atoms with Crippen LogP contribution >= 0.6 is 0 Å². The van der Waals surface area contributed by atoms with Crippen LogP contribution in [0.3, 0.4) is 0 Å². The summed E-state index contributed by atoms with van der Waals surface area (Å²) in [5.41, 5.74) is 2.47. The van der Waals surface area contributed by atoms with Crippen molar-refractivity contribution in [1.29, 1.82) is 0 Å². The van der Waals surface area contributed by atoms with Crippen LogP contribution in [0.25, 0.3) is 10.8 Å². The van der Waals surface area contributed by atoms with Gasteiger partial charge in [0.05, 0.1) is 0 Å². The first kappa shape index (κ1) is 12.7. The highest BCUT2D eigenvalue weighted by atomic mass is 16.5. The van der Waals surface area contributed by atoms with Crippen LogP contribution in [-0.4, -0.2) is 23.6 Å². The molecule has 108 valence electrons. The molecule has 4 rings (SSSR count). The van der Waals surface area contributed by atoms with E-state index in [-0.39, 0.29) is 12.1 Å². The normalized spacial score (nSPS) is 21.5. The van der Waals surface area contributed by atoms with E-state index in [2.05, 4.69) is 37.3 Å². The van der Waals surface area contributed by atoms with E-state index in [0.717, 1.165) is 31.6 Å². The lowest BCUT2D eigenvalue weighted by molar-refractivity contribution is -0.135. The monoisotopic (exact) mass is 281 g/mol. The second-order valence-corrected chi connectivity index (χ2v) is 6.02. The molecule has 0 spiro atoms. The number of benzene rings is 2. The van der Waals surface area contributed by atoms with Crippen molar-refractivity contribution < 1.29 is 9.53 Å². The molecule has 3 nitrogen and oxygen atoms in total. The Hall–Kier alpha value is -2.03. The zero-order chi connectivity index (χ0) is 14.4. The van der Waals surface area contributed by atoms with E-state index in [0.29, 0.717) is 6.42 Å². The summed E-state index contributed by atoms with van der Waals surface area (Å²) >= 11 is 0. The maximum absolute atomic E-state index is 11.9. The molecule has 1 fully saturated rings. The number of hydrogen-bond acceptors (Lipinski definition) is 2. The van der Waals surface area contributed by atoms with E-state index in [4.69, 9.17) is 4.74 Å². The van der Waals surface area contributed by atoms with E-state index in [1.807, 2.05) is 4.90 Å². The summed E-state index contributed by atoms with van der Waals surface area (Å²) in [5.74, 6) is 1.23. The van der Waals surface area contributed by atoms with Gasteiger partial charge < -0.3 is 9.64 Å². The number of fused-ring (bicyclic) bond motifs is 3. The third-order valence-corrected chi connectivity index (χ3v) is 4.64. The van der Waals surface area contributed by atoms with E-state index in [9.17, 15) is 4.79 Å². The van der Waals surface area contributed by atoms with E-state index in [1.54, 1.807) is 0 Å². The predicted molar refractivity (Wildman–Crippen MR) is 82.4 cm³/mol. The predicted octanol–water partition coefficient (Wildman–Crippen LogP) is 3.42. The lowest BCUT2D eigenvalue weighted by atomic mass is 9.94. The van der Waals surface area contributed by atoms with Crippen LogP contribution in [0, 0.1) is 6.92 Å². The lowest BCUT2D eigenvalue weighted by Crippen LogP contribution is -2.42. The Morgan fingerprint density at radius 2 is 2.10 bits per heavy atom. The number of amides is 1. The standard InChI is InChI=1S/C18H19NO2/c1-12-11-13-5-2-3-6-14(13)15-8-9-17(21-18(12)15)19-10-4-7-16(19)20/h2-3,5-6,11,17H,4,7-10H2,1H3.